The van der Waals surface area contributed by atoms with Crippen LogP contribution >= 0.6 is 35.0 Å². The van der Waals surface area contributed by atoms with Crippen molar-refractivity contribution in [3.8, 4) is 0 Å². The Bertz CT molecular complexity index is 1100. The molecule has 3 aromatic rings. The van der Waals surface area contributed by atoms with E-state index in [-0.39, 0.29) is 24.1 Å². The minimum atomic E-state index is -0.278. The highest BCUT2D eigenvalue weighted by Gasteiger charge is 2.12. The maximum atomic E-state index is 12.1. The van der Waals surface area contributed by atoms with Crippen molar-refractivity contribution in [1.29, 1.82) is 0 Å². The summed E-state index contributed by atoms with van der Waals surface area (Å²) in [4.78, 5) is 24.2. The van der Waals surface area contributed by atoms with Crippen LogP contribution in [0.5, 0.6) is 0 Å². The highest BCUT2D eigenvalue weighted by Crippen LogP contribution is 2.18. The number of carbonyl (C=O) groups excluding carboxylic acids is 2. The lowest BCUT2D eigenvalue weighted by Gasteiger charge is -2.06. The molecular formula is C21H19Cl2N5O2S. The van der Waals surface area contributed by atoms with Gasteiger partial charge in [-0.3, -0.25) is 9.59 Å². The monoisotopic (exact) mass is 475 g/mol. The second-order valence-electron chi connectivity index (χ2n) is 6.37. The van der Waals surface area contributed by atoms with Crippen molar-refractivity contribution in [2.75, 3.05) is 11.1 Å². The molecule has 0 unspecified atom stereocenters. The van der Waals surface area contributed by atoms with Gasteiger partial charge in [0.25, 0.3) is 0 Å². The first-order chi connectivity index (χ1) is 14.9. The lowest BCUT2D eigenvalue weighted by atomic mass is 10.2. The minimum absolute atomic E-state index is 0.168. The van der Waals surface area contributed by atoms with Gasteiger partial charge in [0, 0.05) is 28.9 Å². The molecule has 0 bridgehead atoms. The van der Waals surface area contributed by atoms with E-state index in [1.54, 1.807) is 48.0 Å². The molecule has 0 spiro atoms. The summed E-state index contributed by atoms with van der Waals surface area (Å²) in [7, 11) is 1.78. The first-order valence-corrected chi connectivity index (χ1v) is 10.9. The predicted molar refractivity (Wildman–Crippen MR) is 124 cm³/mol. The number of hydrogen-bond donors (Lipinski definition) is 2. The minimum Gasteiger partial charge on any atom is -0.345 e. The molecule has 0 aliphatic carbocycles. The van der Waals surface area contributed by atoms with Crippen LogP contribution < -0.4 is 10.6 Å². The molecule has 0 radical (unpaired) electrons. The lowest BCUT2D eigenvalue weighted by Crippen LogP contribution is -2.22. The fourth-order valence-corrected chi connectivity index (χ4v) is 3.54. The van der Waals surface area contributed by atoms with Crippen LogP contribution in [0, 0.1) is 0 Å². The lowest BCUT2D eigenvalue weighted by molar-refractivity contribution is -0.116. The smallest absolute Gasteiger partial charge is 0.244 e. The van der Waals surface area contributed by atoms with E-state index in [9.17, 15) is 9.59 Å². The Morgan fingerprint density at radius 3 is 2.58 bits per heavy atom. The van der Waals surface area contributed by atoms with Gasteiger partial charge in [0.1, 0.15) is 0 Å². The number of halogens is 2. The van der Waals surface area contributed by atoms with Gasteiger partial charge in [0.2, 0.25) is 11.8 Å². The standard InChI is InChI=1S/C21H19Cl2N5O2S/c1-28-18(12-24-19(29)11-6-14-4-2-3-5-17(14)23)26-27-21(28)31-13-20(30)25-16-9-7-15(22)8-10-16/h2-11H,12-13H2,1H3,(H,24,29)(H,25,30)/b11-6+. The summed E-state index contributed by atoms with van der Waals surface area (Å²) in [5.41, 5.74) is 1.43. The maximum absolute atomic E-state index is 12.1. The fourth-order valence-electron chi connectivity index (χ4n) is 2.49. The summed E-state index contributed by atoms with van der Waals surface area (Å²) in [6, 6.07) is 14.1. The summed E-state index contributed by atoms with van der Waals surface area (Å²) >= 11 is 13.2. The average molecular weight is 476 g/mol. The van der Waals surface area contributed by atoms with E-state index in [0.717, 1.165) is 5.56 Å². The van der Waals surface area contributed by atoms with Crippen LogP contribution in [0.25, 0.3) is 6.08 Å². The van der Waals surface area contributed by atoms with Crippen molar-refractivity contribution in [2.24, 2.45) is 7.05 Å². The number of amides is 2. The van der Waals surface area contributed by atoms with Gasteiger partial charge in [-0.25, -0.2) is 0 Å². The number of rotatable bonds is 8. The molecule has 0 saturated heterocycles. The zero-order valence-corrected chi connectivity index (χ0v) is 18.8. The quantitative estimate of drug-likeness (QED) is 0.376. The second kappa shape index (κ2) is 11.0. The third kappa shape index (κ3) is 6.85. The number of nitrogens with zero attached hydrogens (tertiary/aromatic N) is 3. The molecule has 1 aromatic heterocycles. The molecule has 31 heavy (non-hydrogen) atoms. The van der Waals surface area contributed by atoms with Crippen LogP contribution in [-0.4, -0.2) is 32.3 Å². The zero-order chi connectivity index (χ0) is 22.2. The van der Waals surface area contributed by atoms with E-state index < -0.39 is 0 Å². The van der Waals surface area contributed by atoms with E-state index in [2.05, 4.69) is 20.8 Å². The summed E-state index contributed by atoms with van der Waals surface area (Å²) < 4.78 is 1.73. The summed E-state index contributed by atoms with van der Waals surface area (Å²) in [6.07, 6.45) is 3.06. The molecule has 2 amide bonds. The highest BCUT2D eigenvalue weighted by atomic mass is 35.5. The van der Waals surface area contributed by atoms with E-state index in [1.165, 1.54) is 17.8 Å². The predicted octanol–water partition coefficient (Wildman–Crippen LogP) is 4.18. The van der Waals surface area contributed by atoms with Crippen molar-refractivity contribution in [3.05, 3.63) is 76.0 Å². The van der Waals surface area contributed by atoms with Gasteiger partial charge in [-0.2, -0.15) is 0 Å². The molecule has 0 atom stereocenters. The van der Waals surface area contributed by atoms with Gasteiger partial charge < -0.3 is 15.2 Å². The Kier molecular flexibility index (Phi) is 8.11. The van der Waals surface area contributed by atoms with Gasteiger partial charge in [-0.1, -0.05) is 53.2 Å². The van der Waals surface area contributed by atoms with E-state index >= 15 is 0 Å². The van der Waals surface area contributed by atoms with Crippen molar-refractivity contribution in [1.82, 2.24) is 20.1 Å². The Morgan fingerprint density at radius 2 is 1.84 bits per heavy atom. The van der Waals surface area contributed by atoms with Crippen molar-refractivity contribution < 1.29 is 9.59 Å². The average Bonchev–Trinajstić information content (AvgIpc) is 3.11. The van der Waals surface area contributed by atoms with Crippen LogP contribution in [0.1, 0.15) is 11.4 Å². The van der Waals surface area contributed by atoms with E-state index in [1.807, 2.05) is 18.2 Å². The van der Waals surface area contributed by atoms with Gasteiger partial charge in [-0.05, 0) is 42.0 Å². The molecule has 2 aromatic carbocycles. The molecule has 0 fully saturated rings. The third-order valence-electron chi connectivity index (χ3n) is 4.13. The molecular weight excluding hydrogens is 457 g/mol. The third-order valence-corrected chi connectivity index (χ3v) is 5.74. The number of hydrogen-bond acceptors (Lipinski definition) is 5. The normalized spacial score (nSPS) is 10.9. The van der Waals surface area contributed by atoms with Crippen LogP contribution in [0.15, 0.2) is 59.8 Å². The van der Waals surface area contributed by atoms with Gasteiger partial charge in [0.05, 0.1) is 12.3 Å². The SMILES string of the molecule is Cn1c(CNC(=O)/C=C/c2ccccc2Cl)nnc1SCC(=O)Nc1ccc(Cl)cc1. The summed E-state index contributed by atoms with van der Waals surface area (Å²) in [5, 5.41) is 15.4. The first-order valence-electron chi connectivity index (χ1n) is 9.19. The van der Waals surface area contributed by atoms with Crippen LogP contribution in [0.4, 0.5) is 5.69 Å². The van der Waals surface area contributed by atoms with Crippen molar-refractivity contribution in [3.63, 3.8) is 0 Å². The highest BCUT2D eigenvalue weighted by molar-refractivity contribution is 7.99. The summed E-state index contributed by atoms with van der Waals surface area (Å²) in [6.45, 7) is 0.201. The van der Waals surface area contributed by atoms with Gasteiger partial charge in [0.15, 0.2) is 11.0 Å². The Hall–Kier alpha value is -2.81. The topological polar surface area (TPSA) is 88.9 Å². The molecule has 160 valence electrons. The molecule has 0 saturated carbocycles. The molecule has 10 heteroatoms. The number of aromatic nitrogens is 3. The Labute approximate surface area is 193 Å². The van der Waals surface area contributed by atoms with Crippen LogP contribution in [0.2, 0.25) is 10.0 Å². The van der Waals surface area contributed by atoms with Gasteiger partial charge >= 0.3 is 0 Å². The number of benzene rings is 2. The Balaban J connectivity index is 1.48. The molecule has 0 aliphatic heterocycles. The molecule has 7 nitrogen and oxygen atoms in total. The Morgan fingerprint density at radius 1 is 1.10 bits per heavy atom. The number of thioether (sulfide) groups is 1. The number of carbonyl (C=O) groups is 2. The van der Waals surface area contributed by atoms with Gasteiger partial charge in [-0.15, -0.1) is 10.2 Å². The summed E-state index contributed by atoms with van der Waals surface area (Å²) in [5.74, 6) is 0.288. The number of nitrogens with one attached hydrogen (secondary N) is 2. The van der Waals surface area contributed by atoms with Crippen LogP contribution in [0.3, 0.4) is 0 Å². The molecule has 1 heterocycles. The first kappa shape index (κ1) is 22.9. The van der Waals surface area contributed by atoms with E-state index in [0.29, 0.717) is 26.7 Å². The largest absolute Gasteiger partial charge is 0.345 e. The second-order valence-corrected chi connectivity index (χ2v) is 8.16. The van der Waals surface area contributed by atoms with Crippen molar-refractivity contribution in [2.45, 2.75) is 11.7 Å². The van der Waals surface area contributed by atoms with Crippen molar-refractivity contribution >= 4 is 58.5 Å². The fraction of sp³-hybridized carbons (Fsp3) is 0.143. The molecule has 0 aliphatic rings. The maximum Gasteiger partial charge on any atom is 0.244 e. The number of anilines is 1. The van der Waals surface area contributed by atoms with E-state index in [4.69, 9.17) is 23.2 Å². The zero-order valence-electron chi connectivity index (χ0n) is 16.5. The molecule has 3 rings (SSSR count). The van der Waals surface area contributed by atoms with Crippen LogP contribution in [-0.2, 0) is 23.2 Å². The molecule has 2 N–H and O–H groups in total.